The summed E-state index contributed by atoms with van der Waals surface area (Å²) in [7, 11) is 0. The second kappa shape index (κ2) is 5.65. The molecule has 0 saturated carbocycles. The Kier molecular flexibility index (Phi) is 3.88. The van der Waals surface area contributed by atoms with Crippen LogP contribution in [0.15, 0.2) is 48.5 Å². The molecule has 4 heteroatoms. The van der Waals surface area contributed by atoms with Crippen LogP contribution in [0.3, 0.4) is 0 Å². The first-order valence-electron chi connectivity index (χ1n) is 6.65. The second-order valence-electron chi connectivity index (χ2n) is 5.18. The van der Waals surface area contributed by atoms with E-state index in [4.69, 9.17) is 28.9 Å². The van der Waals surface area contributed by atoms with E-state index >= 15 is 0 Å². The third-order valence-electron chi connectivity index (χ3n) is 3.85. The summed E-state index contributed by atoms with van der Waals surface area (Å²) in [5.41, 5.74) is 8.60. The summed E-state index contributed by atoms with van der Waals surface area (Å²) in [4.78, 5) is 2.31. The minimum absolute atomic E-state index is 0.0777. The van der Waals surface area contributed by atoms with Crippen LogP contribution < -0.4 is 10.6 Å². The van der Waals surface area contributed by atoms with Gasteiger partial charge >= 0.3 is 0 Å². The molecule has 2 aromatic carbocycles. The van der Waals surface area contributed by atoms with Gasteiger partial charge in [-0.05, 0) is 29.8 Å². The van der Waals surface area contributed by atoms with E-state index in [0.717, 1.165) is 18.7 Å². The number of halogens is 2. The highest BCUT2D eigenvalue weighted by molar-refractivity contribution is 6.35. The predicted octanol–water partition coefficient (Wildman–Crippen LogP) is 3.92. The van der Waals surface area contributed by atoms with Crippen molar-refractivity contribution in [3.63, 3.8) is 0 Å². The number of hydrogen-bond donors (Lipinski definition) is 1. The zero-order valence-corrected chi connectivity index (χ0v) is 12.5. The lowest BCUT2D eigenvalue weighted by Gasteiger charge is -2.18. The molecule has 0 spiro atoms. The molecule has 0 bridgehead atoms. The van der Waals surface area contributed by atoms with E-state index in [-0.39, 0.29) is 12.0 Å². The first-order chi connectivity index (χ1) is 9.65. The van der Waals surface area contributed by atoms with Gasteiger partial charge in [-0.25, -0.2) is 0 Å². The van der Waals surface area contributed by atoms with E-state index in [0.29, 0.717) is 10.0 Å². The topological polar surface area (TPSA) is 29.3 Å². The minimum atomic E-state index is 0.0777. The van der Waals surface area contributed by atoms with Crippen molar-refractivity contribution in [3.05, 3.63) is 64.1 Å². The van der Waals surface area contributed by atoms with Gasteiger partial charge in [0.05, 0.1) is 0 Å². The van der Waals surface area contributed by atoms with Crippen LogP contribution in [0.2, 0.25) is 10.0 Å². The molecule has 1 heterocycles. The van der Waals surface area contributed by atoms with E-state index in [1.807, 2.05) is 30.3 Å². The van der Waals surface area contributed by atoms with Crippen molar-refractivity contribution in [2.24, 2.45) is 5.73 Å². The van der Waals surface area contributed by atoms with E-state index in [9.17, 15) is 0 Å². The van der Waals surface area contributed by atoms with Gasteiger partial charge in [-0.2, -0.15) is 0 Å². The average Bonchev–Trinajstić information content (AvgIpc) is 2.82. The Balaban J connectivity index is 1.85. The highest BCUT2D eigenvalue weighted by Gasteiger charge is 2.32. The lowest BCUT2D eigenvalue weighted by atomic mass is 9.95. The summed E-state index contributed by atoms with van der Waals surface area (Å²) in [5.74, 6) is 0.236. The van der Waals surface area contributed by atoms with Crippen molar-refractivity contribution in [2.45, 2.75) is 12.0 Å². The molecule has 2 N–H and O–H groups in total. The largest absolute Gasteiger partial charge is 0.369 e. The van der Waals surface area contributed by atoms with Crippen LogP contribution in [0.5, 0.6) is 0 Å². The highest BCUT2D eigenvalue weighted by atomic mass is 35.5. The molecule has 1 saturated heterocycles. The van der Waals surface area contributed by atoms with Gasteiger partial charge in [0.25, 0.3) is 0 Å². The van der Waals surface area contributed by atoms with Crippen LogP contribution >= 0.6 is 23.2 Å². The molecule has 0 radical (unpaired) electrons. The Hall–Kier alpha value is -1.22. The van der Waals surface area contributed by atoms with Crippen LogP contribution in [0, 0.1) is 0 Å². The number of nitrogens with zero attached hydrogens (tertiary/aromatic N) is 1. The smallest absolute Gasteiger partial charge is 0.0456 e. The molecule has 0 aliphatic carbocycles. The monoisotopic (exact) mass is 306 g/mol. The SMILES string of the molecule is N[C@H]1CN(c2ccccc2)C[C@@H]1c1ccc(Cl)cc1Cl. The average molecular weight is 307 g/mol. The molecule has 3 rings (SSSR count). The predicted molar refractivity (Wildman–Crippen MR) is 85.8 cm³/mol. The van der Waals surface area contributed by atoms with Gasteiger partial charge in [-0.15, -0.1) is 0 Å². The van der Waals surface area contributed by atoms with Crippen molar-refractivity contribution >= 4 is 28.9 Å². The molecular weight excluding hydrogens is 291 g/mol. The summed E-state index contributed by atoms with van der Waals surface area (Å²) >= 11 is 12.3. The van der Waals surface area contributed by atoms with Crippen LogP contribution in [-0.4, -0.2) is 19.1 Å². The van der Waals surface area contributed by atoms with Gasteiger partial charge in [0.1, 0.15) is 0 Å². The molecule has 0 aromatic heterocycles. The molecule has 104 valence electrons. The molecule has 20 heavy (non-hydrogen) atoms. The summed E-state index contributed by atoms with van der Waals surface area (Å²) in [6.45, 7) is 1.72. The van der Waals surface area contributed by atoms with E-state index in [2.05, 4.69) is 17.0 Å². The van der Waals surface area contributed by atoms with Crippen LogP contribution in [0.4, 0.5) is 5.69 Å². The number of anilines is 1. The number of hydrogen-bond acceptors (Lipinski definition) is 2. The Labute approximate surface area is 129 Å². The molecule has 2 aromatic rings. The third-order valence-corrected chi connectivity index (χ3v) is 4.41. The Bertz CT molecular complexity index is 601. The van der Waals surface area contributed by atoms with Crippen molar-refractivity contribution in [1.82, 2.24) is 0 Å². The number of benzene rings is 2. The van der Waals surface area contributed by atoms with Crippen LogP contribution in [-0.2, 0) is 0 Å². The van der Waals surface area contributed by atoms with Crippen LogP contribution in [0.1, 0.15) is 11.5 Å². The summed E-state index contributed by atoms with van der Waals surface area (Å²) in [6, 6.07) is 16.1. The Morgan fingerprint density at radius 2 is 1.75 bits per heavy atom. The van der Waals surface area contributed by atoms with Crippen molar-refractivity contribution in [1.29, 1.82) is 0 Å². The van der Waals surface area contributed by atoms with Crippen molar-refractivity contribution in [2.75, 3.05) is 18.0 Å². The molecular formula is C16H16Cl2N2. The van der Waals surface area contributed by atoms with Gasteiger partial charge < -0.3 is 10.6 Å². The first-order valence-corrected chi connectivity index (χ1v) is 7.41. The normalized spacial score (nSPS) is 22.2. The number of rotatable bonds is 2. The summed E-state index contributed by atoms with van der Waals surface area (Å²) in [6.07, 6.45) is 0. The molecule has 2 atom stereocenters. The number of nitrogens with two attached hydrogens (primary N) is 1. The summed E-state index contributed by atoms with van der Waals surface area (Å²) in [5, 5.41) is 1.36. The zero-order chi connectivity index (χ0) is 14.1. The van der Waals surface area contributed by atoms with Gasteiger partial charge in [0, 0.05) is 40.8 Å². The molecule has 1 aliphatic rings. The van der Waals surface area contributed by atoms with Crippen molar-refractivity contribution < 1.29 is 0 Å². The first kappa shape index (κ1) is 13.7. The third kappa shape index (κ3) is 2.64. The maximum atomic E-state index is 6.31. The standard InChI is InChI=1S/C16H16Cl2N2/c17-11-6-7-13(15(18)8-11)14-9-20(10-16(14)19)12-4-2-1-3-5-12/h1-8,14,16H,9-10,19H2/t14-,16+/m1/s1. The molecule has 0 unspecified atom stereocenters. The van der Waals surface area contributed by atoms with Crippen LogP contribution in [0.25, 0.3) is 0 Å². The summed E-state index contributed by atoms with van der Waals surface area (Å²) < 4.78 is 0. The van der Waals surface area contributed by atoms with Gasteiger partial charge in [0.15, 0.2) is 0 Å². The lowest BCUT2D eigenvalue weighted by molar-refractivity contribution is 0.654. The van der Waals surface area contributed by atoms with E-state index < -0.39 is 0 Å². The quantitative estimate of drug-likeness (QED) is 0.911. The fraction of sp³-hybridized carbons (Fsp3) is 0.250. The Morgan fingerprint density at radius 1 is 1.00 bits per heavy atom. The second-order valence-corrected chi connectivity index (χ2v) is 6.02. The van der Waals surface area contributed by atoms with Gasteiger partial charge in [-0.3, -0.25) is 0 Å². The fourth-order valence-corrected chi connectivity index (χ4v) is 3.36. The minimum Gasteiger partial charge on any atom is -0.369 e. The van der Waals surface area contributed by atoms with E-state index in [1.54, 1.807) is 6.07 Å². The lowest BCUT2D eigenvalue weighted by Crippen LogP contribution is -2.28. The molecule has 1 aliphatic heterocycles. The molecule has 2 nitrogen and oxygen atoms in total. The van der Waals surface area contributed by atoms with Gasteiger partial charge in [-0.1, -0.05) is 47.5 Å². The fourth-order valence-electron chi connectivity index (χ4n) is 2.81. The van der Waals surface area contributed by atoms with Gasteiger partial charge in [0.2, 0.25) is 0 Å². The maximum Gasteiger partial charge on any atom is 0.0456 e. The maximum absolute atomic E-state index is 6.31. The highest BCUT2D eigenvalue weighted by Crippen LogP contribution is 2.34. The molecule has 1 fully saturated rings. The Morgan fingerprint density at radius 3 is 2.45 bits per heavy atom. The molecule has 0 amide bonds. The zero-order valence-electron chi connectivity index (χ0n) is 11.0. The van der Waals surface area contributed by atoms with Crippen molar-refractivity contribution in [3.8, 4) is 0 Å². The van der Waals surface area contributed by atoms with E-state index in [1.165, 1.54) is 5.69 Å². The number of para-hydroxylation sites is 1.